The van der Waals surface area contributed by atoms with Crippen LogP contribution in [0.1, 0.15) is 16.7 Å². The summed E-state index contributed by atoms with van der Waals surface area (Å²) in [4.78, 5) is 2.21. The van der Waals surface area contributed by atoms with Crippen LogP contribution in [0.2, 0.25) is 0 Å². The number of hydrogen-bond donors (Lipinski definition) is 1. The molecule has 0 heterocycles. The number of likely N-dealkylation sites (N-methyl/N-ethyl adjacent to an activating group) is 1. The number of nitrogen functional groups attached to an aromatic ring is 1. The van der Waals surface area contributed by atoms with Gasteiger partial charge in [0.2, 0.25) is 0 Å². The molecule has 106 valence electrons. The van der Waals surface area contributed by atoms with Crippen LogP contribution >= 0.6 is 15.9 Å². The molecule has 0 saturated heterocycles. The van der Waals surface area contributed by atoms with E-state index in [1.54, 1.807) is 0 Å². The van der Waals surface area contributed by atoms with Gasteiger partial charge in [0.1, 0.15) is 0 Å². The molecule has 2 nitrogen and oxygen atoms in total. The molecular weight excluding hydrogens is 312 g/mol. The highest BCUT2D eigenvalue weighted by molar-refractivity contribution is 9.10. The van der Waals surface area contributed by atoms with E-state index in [0.29, 0.717) is 0 Å². The highest BCUT2D eigenvalue weighted by Gasteiger charge is 2.06. The Kier molecular flexibility index (Phi) is 4.71. The zero-order chi connectivity index (χ0) is 14.7. The molecule has 0 aliphatic rings. The average Bonchev–Trinajstić information content (AvgIpc) is 2.40. The summed E-state index contributed by atoms with van der Waals surface area (Å²) >= 11 is 3.44. The maximum atomic E-state index is 6.06. The Hall–Kier alpha value is -1.48. The zero-order valence-corrected chi connectivity index (χ0v) is 13.9. The molecule has 0 unspecified atom stereocenters. The zero-order valence-electron chi connectivity index (χ0n) is 12.3. The van der Waals surface area contributed by atoms with Crippen LogP contribution in [0.3, 0.4) is 0 Å². The van der Waals surface area contributed by atoms with Crippen LogP contribution < -0.4 is 10.6 Å². The number of halogens is 1. The van der Waals surface area contributed by atoms with Gasteiger partial charge in [0.25, 0.3) is 0 Å². The van der Waals surface area contributed by atoms with Gasteiger partial charge < -0.3 is 10.6 Å². The first kappa shape index (κ1) is 14.9. The average molecular weight is 333 g/mol. The van der Waals surface area contributed by atoms with Crippen molar-refractivity contribution in [2.75, 3.05) is 24.2 Å². The summed E-state index contributed by atoms with van der Waals surface area (Å²) in [6.45, 7) is 5.26. The number of anilines is 2. The summed E-state index contributed by atoms with van der Waals surface area (Å²) in [5.74, 6) is 0. The molecule has 0 radical (unpaired) electrons. The van der Waals surface area contributed by atoms with E-state index in [1.165, 1.54) is 16.7 Å². The van der Waals surface area contributed by atoms with Crippen molar-refractivity contribution < 1.29 is 0 Å². The van der Waals surface area contributed by atoms with Crippen LogP contribution in [0.5, 0.6) is 0 Å². The lowest BCUT2D eigenvalue weighted by molar-refractivity contribution is 0.876. The molecule has 0 aliphatic heterocycles. The van der Waals surface area contributed by atoms with Gasteiger partial charge in [-0.3, -0.25) is 0 Å². The lowest BCUT2D eigenvalue weighted by Crippen LogP contribution is -2.21. The summed E-state index contributed by atoms with van der Waals surface area (Å²) in [6, 6.07) is 12.7. The highest BCUT2D eigenvalue weighted by Crippen LogP contribution is 2.26. The molecule has 3 heteroatoms. The van der Waals surface area contributed by atoms with Crippen LogP contribution in [0.4, 0.5) is 11.4 Å². The van der Waals surface area contributed by atoms with E-state index in [-0.39, 0.29) is 0 Å². The summed E-state index contributed by atoms with van der Waals surface area (Å²) in [5, 5.41) is 0. The van der Waals surface area contributed by atoms with Crippen molar-refractivity contribution in [3.63, 3.8) is 0 Å². The number of benzene rings is 2. The van der Waals surface area contributed by atoms with Gasteiger partial charge in [0, 0.05) is 18.1 Å². The first-order valence-electron chi connectivity index (χ1n) is 6.79. The summed E-state index contributed by atoms with van der Waals surface area (Å²) in [6.07, 6.45) is 1.02. The largest absolute Gasteiger partial charge is 0.397 e. The molecule has 20 heavy (non-hydrogen) atoms. The lowest BCUT2D eigenvalue weighted by atomic mass is 10.0. The van der Waals surface area contributed by atoms with Gasteiger partial charge in [-0.2, -0.15) is 0 Å². The van der Waals surface area contributed by atoms with Gasteiger partial charge in [0.15, 0.2) is 0 Å². The molecule has 0 aliphatic carbocycles. The number of aryl methyl sites for hydroxylation is 2. The van der Waals surface area contributed by atoms with Gasteiger partial charge >= 0.3 is 0 Å². The van der Waals surface area contributed by atoms with Crippen molar-refractivity contribution >= 4 is 27.3 Å². The van der Waals surface area contributed by atoms with Crippen LogP contribution in [0.25, 0.3) is 0 Å². The predicted octanol–water partition coefficient (Wildman–Crippen LogP) is 4.33. The molecule has 0 bridgehead atoms. The fourth-order valence-corrected chi connectivity index (χ4v) is 2.63. The van der Waals surface area contributed by atoms with E-state index in [1.807, 2.05) is 12.1 Å². The van der Waals surface area contributed by atoms with E-state index in [0.717, 1.165) is 28.8 Å². The smallest absolute Gasteiger partial charge is 0.0598 e. The van der Waals surface area contributed by atoms with Crippen LogP contribution in [0, 0.1) is 13.8 Å². The number of nitrogens with zero attached hydrogens (tertiary/aromatic N) is 1. The fourth-order valence-electron chi connectivity index (χ4n) is 2.25. The molecule has 2 N–H and O–H groups in total. The molecule has 0 amide bonds. The normalized spacial score (nSPS) is 10.6. The standard InChI is InChI=1S/C17H21BrN2/c1-12-4-5-14(10-13(12)2)8-9-20(3)17-7-6-15(18)11-16(17)19/h4-7,10-11H,8-9,19H2,1-3H3. The third-order valence-electron chi connectivity index (χ3n) is 3.71. The van der Waals surface area contributed by atoms with E-state index in [9.17, 15) is 0 Å². The molecular formula is C17H21BrN2. The lowest BCUT2D eigenvalue weighted by Gasteiger charge is -2.21. The first-order chi connectivity index (χ1) is 9.47. The summed E-state index contributed by atoms with van der Waals surface area (Å²) < 4.78 is 1.02. The van der Waals surface area contributed by atoms with E-state index >= 15 is 0 Å². The van der Waals surface area contributed by atoms with Gasteiger partial charge in [-0.1, -0.05) is 34.1 Å². The Morgan fingerprint density at radius 1 is 1.05 bits per heavy atom. The maximum Gasteiger partial charge on any atom is 0.0598 e. The van der Waals surface area contributed by atoms with E-state index < -0.39 is 0 Å². The predicted molar refractivity (Wildman–Crippen MR) is 91.4 cm³/mol. The first-order valence-corrected chi connectivity index (χ1v) is 7.59. The Balaban J connectivity index is 2.04. The molecule has 2 aromatic rings. The second-order valence-electron chi connectivity index (χ2n) is 5.29. The van der Waals surface area contributed by atoms with Crippen molar-refractivity contribution in [1.82, 2.24) is 0 Å². The second-order valence-corrected chi connectivity index (χ2v) is 6.21. The van der Waals surface area contributed by atoms with Crippen molar-refractivity contribution in [2.24, 2.45) is 0 Å². The maximum absolute atomic E-state index is 6.06. The van der Waals surface area contributed by atoms with Crippen LogP contribution in [0.15, 0.2) is 40.9 Å². The quantitative estimate of drug-likeness (QED) is 0.844. The number of rotatable bonds is 4. The molecule has 0 aromatic heterocycles. The summed E-state index contributed by atoms with van der Waals surface area (Å²) in [7, 11) is 2.08. The molecule has 2 rings (SSSR count). The van der Waals surface area contributed by atoms with Crippen molar-refractivity contribution in [2.45, 2.75) is 20.3 Å². The molecule has 0 fully saturated rings. The minimum absolute atomic E-state index is 0.807. The number of hydrogen-bond acceptors (Lipinski definition) is 2. The number of nitrogens with two attached hydrogens (primary N) is 1. The fraction of sp³-hybridized carbons (Fsp3) is 0.294. The SMILES string of the molecule is Cc1ccc(CCN(C)c2ccc(Br)cc2N)cc1C. The second kappa shape index (κ2) is 6.31. The third kappa shape index (κ3) is 3.54. The minimum atomic E-state index is 0.807. The van der Waals surface area contributed by atoms with E-state index in [4.69, 9.17) is 5.73 Å². The topological polar surface area (TPSA) is 29.3 Å². The van der Waals surface area contributed by atoms with Crippen molar-refractivity contribution in [1.29, 1.82) is 0 Å². The van der Waals surface area contributed by atoms with Gasteiger partial charge in [-0.25, -0.2) is 0 Å². The third-order valence-corrected chi connectivity index (χ3v) is 4.20. The Labute approximate surface area is 129 Å². The molecule has 0 spiro atoms. The summed E-state index contributed by atoms with van der Waals surface area (Å²) in [5.41, 5.74) is 12.0. The Morgan fingerprint density at radius 2 is 1.80 bits per heavy atom. The van der Waals surface area contributed by atoms with Gasteiger partial charge in [-0.05, 0) is 55.2 Å². The highest BCUT2D eigenvalue weighted by atomic mass is 79.9. The van der Waals surface area contributed by atoms with Crippen molar-refractivity contribution in [3.05, 3.63) is 57.6 Å². The Bertz CT molecular complexity index is 608. The molecule has 0 atom stereocenters. The van der Waals surface area contributed by atoms with Crippen LogP contribution in [-0.4, -0.2) is 13.6 Å². The Morgan fingerprint density at radius 3 is 2.45 bits per heavy atom. The minimum Gasteiger partial charge on any atom is -0.397 e. The monoisotopic (exact) mass is 332 g/mol. The molecule has 0 saturated carbocycles. The van der Waals surface area contributed by atoms with Crippen LogP contribution in [-0.2, 0) is 6.42 Å². The van der Waals surface area contributed by atoms with Gasteiger partial charge in [0.05, 0.1) is 11.4 Å². The van der Waals surface area contributed by atoms with Crippen molar-refractivity contribution in [3.8, 4) is 0 Å². The van der Waals surface area contributed by atoms with Gasteiger partial charge in [-0.15, -0.1) is 0 Å². The molecule has 2 aromatic carbocycles. The van der Waals surface area contributed by atoms with E-state index in [2.05, 4.69) is 66.0 Å².